The predicted molar refractivity (Wildman–Crippen MR) is 70.9 cm³/mol. The molecule has 1 aliphatic carbocycles. The fourth-order valence-corrected chi connectivity index (χ4v) is 2.50. The molecule has 18 heavy (non-hydrogen) atoms. The van der Waals surface area contributed by atoms with E-state index in [1.165, 1.54) is 6.07 Å². The minimum Gasteiger partial charge on any atom is -0.307 e. The summed E-state index contributed by atoms with van der Waals surface area (Å²) in [4.78, 5) is 0. The Hall–Kier alpha value is -0.940. The zero-order valence-electron chi connectivity index (χ0n) is 9.41. The Bertz CT molecular complexity index is 595. The number of nitrogens with zero attached hydrogens (tertiary/aromatic N) is 3. The summed E-state index contributed by atoms with van der Waals surface area (Å²) in [6, 6.07) is 5.30. The van der Waals surface area contributed by atoms with Gasteiger partial charge in [-0.1, -0.05) is 15.9 Å². The van der Waals surface area contributed by atoms with Crippen LogP contribution in [0.15, 0.2) is 22.7 Å². The van der Waals surface area contributed by atoms with Crippen LogP contribution in [-0.4, -0.2) is 14.8 Å². The first kappa shape index (κ1) is 12.1. The fourth-order valence-electron chi connectivity index (χ4n) is 1.99. The molecule has 94 valence electrons. The molecule has 0 N–H and O–H groups in total. The highest BCUT2D eigenvalue weighted by molar-refractivity contribution is 9.10. The molecule has 0 unspecified atom stereocenters. The van der Waals surface area contributed by atoms with Gasteiger partial charge in [0.1, 0.15) is 11.6 Å². The quantitative estimate of drug-likeness (QED) is 0.799. The summed E-state index contributed by atoms with van der Waals surface area (Å²) < 4.78 is 16.6. The molecule has 0 radical (unpaired) electrons. The van der Waals surface area contributed by atoms with Crippen molar-refractivity contribution in [1.82, 2.24) is 14.8 Å². The maximum atomic E-state index is 14.0. The molecule has 2 aromatic rings. The number of hydrogen-bond acceptors (Lipinski definition) is 2. The van der Waals surface area contributed by atoms with Gasteiger partial charge in [-0.25, -0.2) is 4.39 Å². The highest BCUT2D eigenvalue weighted by atomic mass is 79.9. The van der Waals surface area contributed by atoms with Crippen LogP contribution in [0.3, 0.4) is 0 Å². The lowest BCUT2D eigenvalue weighted by molar-refractivity contribution is 0.625. The summed E-state index contributed by atoms with van der Waals surface area (Å²) in [6.45, 7) is 0. The number of halogens is 3. The van der Waals surface area contributed by atoms with Gasteiger partial charge < -0.3 is 4.57 Å². The van der Waals surface area contributed by atoms with Crippen LogP contribution in [0, 0.1) is 5.82 Å². The van der Waals surface area contributed by atoms with Crippen LogP contribution in [0.1, 0.15) is 24.7 Å². The Balaban J connectivity index is 2.13. The fraction of sp³-hybridized carbons (Fsp3) is 0.333. The third-order valence-corrected chi connectivity index (χ3v) is 3.70. The van der Waals surface area contributed by atoms with Crippen molar-refractivity contribution in [3.8, 4) is 11.4 Å². The van der Waals surface area contributed by atoms with Crippen LogP contribution in [-0.2, 0) is 5.88 Å². The second-order valence-electron chi connectivity index (χ2n) is 4.30. The summed E-state index contributed by atoms with van der Waals surface area (Å²) >= 11 is 9.09. The second kappa shape index (κ2) is 4.63. The molecule has 1 heterocycles. The minimum absolute atomic E-state index is 0.293. The zero-order valence-corrected chi connectivity index (χ0v) is 11.7. The van der Waals surface area contributed by atoms with E-state index >= 15 is 0 Å². The van der Waals surface area contributed by atoms with Gasteiger partial charge in [0.05, 0.1) is 11.4 Å². The van der Waals surface area contributed by atoms with Gasteiger partial charge in [-0.3, -0.25) is 0 Å². The average molecular weight is 331 g/mol. The standard InChI is InChI=1S/C12H10BrClFN3/c13-7-1-4-9(10(15)5-7)12-17-16-11(6-14)18(12)8-2-3-8/h1,4-5,8H,2-3,6H2. The van der Waals surface area contributed by atoms with E-state index in [0.717, 1.165) is 12.8 Å². The van der Waals surface area contributed by atoms with Crippen LogP contribution in [0.5, 0.6) is 0 Å². The van der Waals surface area contributed by atoms with Gasteiger partial charge in [-0.15, -0.1) is 21.8 Å². The zero-order chi connectivity index (χ0) is 12.7. The molecule has 0 spiro atoms. The number of alkyl halides is 1. The molecule has 0 aliphatic heterocycles. The van der Waals surface area contributed by atoms with E-state index in [9.17, 15) is 4.39 Å². The van der Waals surface area contributed by atoms with Crippen LogP contribution in [0.2, 0.25) is 0 Å². The van der Waals surface area contributed by atoms with Crippen molar-refractivity contribution < 1.29 is 4.39 Å². The summed E-state index contributed by atoms with van der Waals surface area (Å²) in [5.74, 6) is 1.26. The van der Waals surface area contributed by atoms with Crippen LogP contribution in [0.4, 0.5) is 4.39 Å². The molecule has 0 amide bonds. The second-order valence-corrected chi connectivity index (χ2v) is 5.48. The first-order valence-electron chi connectivity index (χ1n) is 5.66. The van der Waals surface area contributed by atoms with Crippen molar-refractivity contribution in [2.24, 2.45) is 0 Å². The van der Waals surface area contributed by atoms with Crippen molar-refractivity contribution in [1.29, 1.82) is 0 Å². The molecule has 3 rings (SSSR count). The van der Waals surface area contributed by atoms with Gasteiger partial charge in [0.2, 0.25) is 0 Å². The van der Waals surface area contributed by atoms with Gasteiger partial charge in [0.15, 0.2) is 5.82 Å². The number of benzene rings is 1. The van der Waals surface area contributed by atoms with E-state index in [1.54, 1.807) is 12.1 Å². The summed E-state index contributed by atoms with van der Waals surface area (Å²) in [7, 11) is 0. The number of hydrogen-bond donors (Lipinski definition) is 0. The minimum atomic E-state index is -0.306. The highest BCUT2D eigenvalue weighted by Gasteiger charge is 2.30. The van der Waals surface area contributed by atoms with Crippen molar-refractivity contribution in [2.75, 3.05) is 0 Å². The smallest absolute Gasteiger partial charge is 0.167 e. The molecule has 1 fully saturated rings. The molecule has 0 atom stereocenters. The lowest BCUT2D eigenvalue weighted by atomic mass is 10.2. The third kappa shape index (κ3) is 2.06. The molecule has 1 aromatic carbocycles. The molecule has 1 aromatic heterocycles. The van der Waals surface area contributed by atoms with Gasteiger partial charge in [0, 0.05) is 10.5 Å². The predicted octanol–water partition coefficient (Wildman–Crippen LogP) is 3.92. The third-order valence-electron chi connectivity index (χ3n) is 2.97. The largest absolute Gasteiger partial charge is 0.307 e. The van der Waals surface area contributed by atoms with E-state index < -0.39 is 0 Å². The Labute approximate surface area is 117 Å². The Morgan fingerprint density at radius 1 is 1.39 bits per heavy atom. The van der Waals surface area contributed by atoms with Gasteiger partial charge >= 0.3 is 0 Å². The Kier molecular flexibility index (Phi) is 3.11. The molecule has 1 saturated carbocycles. The topological polar surface area (TPSA) is 30.7 Å². The number of aromatic nitrogens is 3. The molecule has 1 aliphatic rings. The monoisotopic (exact) mass is 329 g/mol. The van der Waals surface area contributed by atoms with E-state index in [4.69, 9.17) is 11.6 Å². The van der Waals surface area contributed by atoms with Crippen LogP contribution >= 0.6 is 27.5 Å². The molecular weight excluding hydrogens is 321 g/mol. The van der Waals surface area contributed by atoms with Gasteiger partial charge in [-0.2, -0.15) is 0 Å². The summed E-state index contributed by atoms with van der Waals surface area (Å²) in [5.41, 5.74) is 0.467. The molecular formula is C12H10BrClFN3. The van der Waals surface area contributed by atoms with Crippen LogP contribution < -0.4 is 0 Å². The highest BCUT2D eigenvalue weighted by Crippen LogP contribution is 2.39. The van der Waals surface area contributed by atoms with Crippen LogP contribution in [0.25, 0.3) is 11.4 Å². The Morgan fingerprint density at radius 3 is 2.78 bits per heavy atom. The van der Waals surface area contributed by atoms with E-state index in [0.29, 0.717) is 33.6 Å². The van der Waals surface area contributed by atoms with Gasteiger partial charge in [-0.05, 0) is 31.0 Å². The van der Waals surface area contributed by atoms with E-state index in [-0.39, 0.29) is 5.82 Å². The molecule has 3 nitrogen and oxygen atoms in total. The Morgan fingerprint density at radius 2 is 2.17 bits per heavy atom. The SMILES string of the molecule is Fc1cc(Br)ccc1-c1nnc(CCl)n1C1CC1. The van der Waals surface area contributed by atoms with E-state index in [1.807, 2.05) is 4.57 Å². The first-order chi connectivity index (χ1) is 8.70. The van der Waals surface area contributed by atoms with E-state index in [2.05, 4.69) is 26.1 Å². The lowest BCUT2D eigenvalue weighted by Gasteiger charge is -2.08. The lowest BCUT2D eigenvalue weighted by Crippen LogP contribution is -2.02. The first-order valence-corrected chi connectivity index (χ1v) is 6.98. The maximum Gasteiger partial charge on any atom is 0.167 e. The molecule has 0 bridgehead atoms. The molecule has 0 saturated heterocycles. The summed E-state index contributed by atoms with van der Waals surface area (Å²) in [5, 5.41) is 8.12. The number of rotatable bonds is 3. The maximum absolute atomic E-state index is 14.0. The van der Waals surface area contributed by atoms with Gasteiger partial charge in [0.25, 0.3) is 0 Å². The normalized spacial score (nSPS) is 15.1. The van der Waals surface area contributed by atoms with Crippen molar-refractivity contribution in [2.45, 2.75) is 24.8 Å². The molecule has 6 heteroatoms. The van der Waals surface area contributed by atoms with Crippen molar-refractivity contribution >= 4 is 27.5 Å². The van der Waals surface area contributed by atoms with Crippen molar-refractivity contribution in [3.05, 3.63) is 34.3 Å². The average Bonchev–Trinajstić information content (AvgIpc) is 3.09. The van der Waals surface area contributed by atoms with Crippen molar-refractivity contribution in [3.63, 3.8) is 0 Å². The summed E-state index contributed by atoms with van der Waals surface area (Å²) in [6.07, 6.45) is 2.15.